The van der Waals surface area contributed by atoms with Crippen LogP contribution in [0.5, 0.6) is 5.75 Å². The number of amides is 1. The number of aryl methyl sites for hydroxylation is 2. The molecule has 0 saturated heterocycles. The number of ether oxygens (including phenoxy) is 1. The molecule has 3 rings (SSSR count). The largest absolute Gasteiger partial charge is 0.493 e. The Labute approximate surface area is 149 Å². The van der Waals surface area contributed by atoms with E-state index in [-0.39, 0.29) is 12.3 Å². The van der Waals surface area contributed by atoms with Crippen molar-refractivity contribution in [3.8, 4) is 5.75 Å². The van der Waals surface area contributed by atoms with Gasteiger partial charge in [-0.15, -0.1) is 0 Å². The minimum atomic E-state index is -0.197. The molecule has 0 aliphatic rings. The van der Waals surface area contributed by atoms with E-state index in [4.69, 9.17) is 16.3 Å². The lowest BCUT2D eigenvalue weighted by atomic mass is 10.2. The van der Waals surface area contributed by atoms with Crippen molar-refractivity contribution in [2.24, 2.45) is 12.0 Å². The van der Waals surface area contributed by atoms with E-state index in [0.29, 0.717) is 16.4 Å². The summed E-state index contributed by atoms with van der Waals surface area (Å²) in [4.78, 5) is 17.0. The average molecular weight is 361 g/mol. The predicted octanol–water partition coefficient (Wildman–Crippen LogP) is 4.10. The number of fused-ring (bicyclic) bond motifs is 1. The molecule has 0 aliphatic heterocycles. The highest BCUT2D eigenvalue weighted by Gasteiger charge is 2.09. The number of thiazole rings is 1. The Balaban J connectivity index is 1.76. The number of hydrogen-bond donors (Lipinski definition) is 0. The molecule has 1 heterocycles. The molecule has 0 unspecified atom stereocenters. The van der Waals surface area contributed by atoms with Crippen LogP contribution in [0.15, 0.2) is 47.5 Å². The number of carbonyl (C=O) groups excluding carboxylic acids is 1. The number of rotatable bonds is 4. The first-order chi connectivity index (χ1) is 11.5. The number of aromatic nitrogens is 1. The number of para-hydroxylation sites is 1. The molecule has 3 aromatic rings. The van der Waals surface area contributed by atoms with Gasteiger partial charge in [0.25, 0.3) is 5.91 Å². The van der Waals surface area contributed by atoms with Crippen molar-refractivity contribution in [2.45, 2.75) is 13.3 Å². The lowest BCUT2D eigenvalue weighted by Gasteiger charge is -2.03. The molecule has 0 spiro atoms. The predicted molar refractivity (Wildman–Crippen MR) is 97.7 cm³/mol. The maximum absolute atomic E-state index is 12.1. The first-order valence-electron chi connectivity index (χ1n) is 7.55. The maximum Gasteiger partial charge on any atom is 0.251 e. The number of halogens is 1. The fourth-order valence-electron chi connectivity index (χ4n) is 2.51. The van der Waals surface area contributed by atoms with Crippen molar-refractivity contribution in [1.82, 2.24) is 4.57 Å². The Hall–Kier alpha value is -2.11. The Morgan fingerprint density at radius 3 is 2.79 bits per heavy atom. The van der Waals surface area contributed by atoms with Crippen LogP contribution >= 0.6 is 22.9 Å². The van der Waals surface area contributed by atoms with E-state index >= 15 is 0 Å². The van der Waals surface area contributed by atoms with Crippen molar-refractivity contribution in [1.29, 1.82) is 0 Å². The van der Waals surface area contributed by atoms with Gasteiger partial charge in [0.2, 0.25) is 0 Å². The topological polar surface area (TPSA) is 43.6 Å². The third-order valence-corrected chi connectivity index (χ3v) is 4.90. The third-order valence-electron chi connectivity index (χ3n) is 3.60. The first kappa shape index (κ1) is 16.7. The molecule has 0 aliphatic carbocycles. The van der Waals surface area contributed by atoms with Crippen molar-refractivity contribution >= 4 is 39.1 Å². The second-order valence-corrected chi connectivity index (χ2v) is 6.88. The van der Waals surface area contributed by atoms with E-state index < -0.39 is 0 Å². The molecule has 4 nitrogen and oxygen atoms in total. The quantitative estimate of drug-likeness (QED) is 0.703. The Bertz CT molecular complexity index is 945. The molecule has 0 radical (unpaired) electrons. The molecule has 0 fully saturated rings. The monoisotopic (exact) mass is 360 g/mol. The fraction of sp³-hybridized carbons (Fsp3) is 0.222. The highest BCUT2D eigenvalue weighted by molar-refractivity contribution is 7.16. The Kier molecular flexibility index (Phi) is 5.02. The van der Waals surface area contributed by atoms with Gasteiger partial charge in [-0.25, -0.2) is 0 Å². The molecule has 2 aromatic carbocycles. The molecule has 0 N–H and O–H groups in total. The van der Waals surface area contributed by atoms with Gasteiger partial charge in [-0.05, 0) is 36.8 Å². The van der Waals surface area contributed by atoms with Gasteiger partial charge in [0.15, 0.2) is 4.80 Å². The molecule has 0 bridgehead atoms. The van der Waals surface area contributed by atoms with E-state index in [1.165, 1.54) is 11.3 Å². The lowest BCUT2D eigenvalue weighted by Crippen LogP contribution is -2.14. The Morgan fingerprint density at radius 1 is 1.29 bits per heavy atom. The lowest BCUT2D eigenvalue weighted by molar-refractivity contribution is -0.118. The van der Waals surface area contributed by atoms with E-state index in [2.05, 4.69) is 4.99 Å². The molecule has 124 valence electrons. The van der Waals surface area contributed by atoms with Gasteiger partial charge in [-0.2, -0.15) is 4.99 Å². The van der Waals surface area contributed by atoms with E-state index in [1.54, 1.807) is 0 Å². The summed E-state index contributed by atoms with van der Waals surface area (Å²) in [6.07, 6.45) is 0.239. The van der Waals surface area contributed by atoms with Crippen LogP contribution < -0.4 is 9.54 Å². The number of benzene rings is 2. The van der Waals surface area contributed by atoms with Gasteiger partial charge in [-0.3, -0.25) is 4.79 Å². The summed E-state index contributed by atoms with van der Waals surface area (Å²) in [5.41, 5.74) is 2.12. The van der Waals surface area contributed by atoms with Gasteiger partial charge < -0.3 is 9.30 Å². The van der Waals surface area contributed by atoms with Crippen LogP contribution in [0.3, 0.4) is 0 Å². The van der Waals surface area contributed by atoms with Crippen LogP contribution in [0.1, 0.15) is 12.0 Å². The van der Waals surface area contributed by atoms with Crippen LogP contribution in [0.25, 0.3) is 10.2 Å². The molecule has 1 amide bonds. The molecular weight excluding hydrogens is 344 g/mol. The van der Waals surface area contributed by atoms with Crippen LogP contribution in [-0.2, 0) is 11.8 Å². The zero-order valence-electron chi connectivity index (χ0n) is 13.5. The second kappa shape index (κ2) is 7.20. The van der Waals surface area contributed by atoms with Crippen LogP contribution in [-0.4, -0.2) is 17.1 Å². The fourth-order valence-corrected chi connectivity index (χ4v) is 4.00. The average Bonchev–Trinajstić information content (AvgIpc) is 2.84. The summed E-state index contributed by atoms with van der Waals surface area (Å²) in [5, 5.41) is 0.691. The van der Waals surface area contributed by atoms with E-state index in [0.717, 1.165) is 21.5 Å². The van der Waals surface area contributed by atoms with Gasteiger partial charge in [0.1, 0.15) is 5.75 Å². The van der Waals surface area contributed by atoms with Gasteiger partial charge in [0.05, 0.1) is 23.2 Å². The molecule has 1 aromatic heterocycles. The van der Waals surface area contributed by atoms with Crippen LogP contribution in [0.4, 0.5) is 0 Å². The molecule has 24 heavy (non-hydrogen) atoms. The van der Waals surface area contributed by atoms with Gasteiger partial charge in [0, 0.05) is 12.1 Å². The standard InChI is InChI=1S/C18H17ClN2O2S/c1-12-10-13(19)11-15-17(12)21(2)18(24-15)20-16(22)8-9-23-14-6-4-3-5-7-14/h3-7,10-11H,8-9H2,1-2H3. The van der Waals surface area contributed by atoms with Crippen molar-refractivity contribution in [2.75, 3.05) is 6.61 Å². The third kappa shape index (κ3) is 3.68. The van der Waals surface area contributed by atoms with Crippen molar-refractivity contribution < 1.29 is 9.53 Å². The second-order valence-electron chi connectivity index (χ2n) is 5.43. The zero-order chi connectivity index (χ0) is 17.1. The normalized spacial score (nSPS) is 11.9. The number of nitrogens with zero attached hydrogens (tertiary/aromatic N) is 2. The van der Waals surface area contributed by atoms with Crippen molar-refractivity contribution in [3.05, 3.63) is 57.9 Å². The van der Waals surface area contributed by atoms with Crippen LogP contribution in [0.2, 0.25) is 5.02 Å². The number of hydrogen-bond acceptors (Lipinski definition) is 3. The molecule has 0 atom stereocenters. The molecule has 0 saturated carbocycles. The summed E-state index contributed by atoms with van der Waals surface area (Å²) in [6, 6.07) is 13.2. The van der Waals surface area contributed by atoms with Gasteiger partial charge >= 0.3 is 0 Å². The van der Waals surface area contributed by atoms with E-state index in [1.807, 2.05) is 61.0 Å². The highest BCUT2D eigenvalue weighted by Crippen LogP contribution is 2.25. The molecule has 6 heteroatoms. The highest BCUT2D eigenvalue weighted by atomic mass is 35.5. The Morgan fingerprint density at radius 2 is 2.04 bits per heavy atom. The number of carbonyl (C=O) groups is 1. The molecular formula is C18H17ClN2O2S. The van der Waals surface area contributed by atoms with Crippen molar-refractivity contribution in [3.63, 3.8) is 0 Å². The summed E-state index contributed by atoms with van der Waals surface area (Å²) < 4.78 is 8.49. The smallest absolute Gasteiger partial charge is 0.251 e. The summed E-state index contributed by atoms with van der Waals surface area (Å²) >= 11 is 7.56. The van der Waals surface area contributed by atoms with E-state index in [9.17, 15) is 4.79 Å². The van der Waals surface area contributed by atoms with Crippen LogP contribution in [0, 0.1) is 6.92 Å². The van der Waals surface area contributed by atoms with Gasteiger partial charge in [-0.1, -0.05) is 41.1 Å². The maximum atomic E-state index is 12.1. The minimum absolute atomic E-state index is 0.197. The summed E-state index contributed by atoms with van der Waals surface area (Å²) in [7, 11) is 1.91. The minimum Gasteiger partial charge on any atom is -0.493 e. The SMILES string of the molecule is Cc1cc(Cl)cc2sc(=NC(=O)CCOc3ccccc3)n(C)c12. The zero-order valence-corrected chi connectivity index (χ0v) is 15.0. The first-order valence-corrected chi connectivity index (χ1v) is 8.75. The summed E-state index contributed by atoms with van der Waals surface area (Å²) in [6.45, 7) is 2.31. The summed E-state index contributed by atoms with van der Waals surface area (Å²) in [5.74, 6) is 0.555.